The number of nitrogens with zero attached hydrogens (tertiary/aromatic N) is 1. The number of morpholine rings is 1. The zero-order chi connectivity index (χ0) is 13.0. The van der Waals surface area contributed by atoms with E-state index >= 15 is 0 Å². The summed E-state index contributed by atoms with van der Waals surface area (Å²) >= 11 is 3.42. The molecule has 1 amide bonds. The van der Waals surface area contributed by atoms with Gasteiger partial charge in [-0.2, -0.15) is 0 Å². The van der Waals surface area contributed by atoms with Gasteiger partial charge in [-0.1, -0.05) is 53.2 Å². The molecule has 0 N–H and O–H groups in total. The summed E-state index contributed by atoms with van der Waals surface area (Å²) in [5, 5.41) is 0. The highest BCUT2D eigenvalue weighted by Gasteiger charge is 2.27. The van der Waals surface area contributed by atoms with Crippen molar-refractivity contribution in [2.24, 2.45) is 0 Å². The van der Waals surface area contributed by atoms with E-state index < -0.39 is 0 Å². The first-order valence-corrected chi connectivity index (χ1v) is 7.23. The summed E-state index contributed by atoms with van der Waals surface area (Å²) in [4.78, 5) is 13.9. The largest absolute Gasteiger partial charge is 0.370 e. The van der Waals surface area contributed by atoms with Gasteiger partial charge in [-0.3, -0.25) is 4.79 Å². The minimum atomic E-state index is -0.0768. The SMILES string of the molecule is CCC(Br)C(=O)N1CCOC(c2ccccc2)C1. The molecule has 4 heteroatoms. The minimum Gasteiger partial charge on any atom is -0.370 e. The van der Waals surface area contributed by atoms with Crippen LogP contribution in [0.2, 0.25) is 0 Å². The van der Waals surface area contributed by atoms with Crippen molar-refractivity contribution in [3.05, 3.63) is 35.9 Å². The Bertz CT molecular complexity index is 396. The number of rotatable bonds is 3. The van der Waals surface area contributed by atoms with Crippen LogP contribution in [0.4, 0.5) is 0 Å². The molecule has 1 aliphatic heterocycles. The fourth-order valence-corrected chi connectivity index (χ4v) is 2.38. The standard InChI is InChI=1S/C14H18BrNO2/c1-2-12(15)14(17)16-8-9-18-13(10-16)11-6-4-3-5-7-11/h3-7,12-13H,2,8-10H2,1H3. The highest BCUT2D eigenvalue weighted by molar-refractivity contribution is 9.10. The summed E-state index contributed by atoms with van der Waals surface area (Å²) in [6, 6.07) is 10.1. The molecule has 3 nitrogen and oxygen atoms in total. The van der Waals surface area contributed by atoms with E-state index in [2.05, 4.69) is 15.9 Å². The molecule has 0 radical (unpaired) electrons. The Labute approximate surface area is 116 Å². The van der Waals surface area contributed by atoms with Gasteiger partial charge < -0.3 is 9.64 Å². The first-order valence-electron chi connectivity index (χ1n) is 6.31. The molecule has 98 valence electrons. The van der Waals surface area contributed by atoms with Crippen molar-refractivity contribution in [3.63, 3.8) is 0 Å². The molecular formula is C14H18BrNO2. The molecule has 1 aromatic rings. The van der Waals surface area contributed by atoms with Crippen molar-refractivity contribution in [3.8, 4) is 0 Å². The highest BCUT2D eigenvalue weighted by atomic mass is 79.9. The molecule has 1 fully saturated rings. The first kappa shape index (κ1) is 13.6. The molecule has 1 aromatic carbocycles. The molecule has 0 aliphatic carbocycles. The van der Waals surface area contributed by atoms with E-state index in [1.54, 1.807) is 0 Å². The number of halogens is 1. The lowest BCUT2D eigenvalue weighted by Gasteiger charge is -2.34. The highest BCUT2D eigenvalue weighted by Crippen LogP contribution is 2.23. The van der Waals surface area contributed by atoms with E-state index in [0.717, 1.165) is 12.0 Å². The molecular weight excluding hydrogens is 294 g/mol. The van der Waals surface area contributed by atoms with Gasteiger partial charge >= 0.3 is 0 Å². The van der Waals surface area contributed by atoms with Crippen LogP contribution in [0.1, 0.15) is 25.0 Å². The van der Waals surface area contributed by atoms with Gasteiger partial charge in [-0.15, -0.1) is 0 Å². The van der Waals surface area contributed by atoms with Crippen molar-refractivity contribution in [1.29, 1.82) is 0 Å². The molecule has 0 bridgehead atoms. The zero-order valence-corrected chi connectivity index (χ0v) is 12.1. The monoisotopic (exact) mass is 311 g/mol. The van der Waals surface area contributed by atoms with Crippen LogP contribution in [0, 0.1) is 0 Å². The Morgan fingerprint density at radius 2 is 2.22 bits per heavy atom. The maximum Gasteiger partial charge on any atom is 0.236 e. The Kier molecular flexibility index (Phi) is 4.78. The van der Waals surface area contributed by atoms with E-state index in [9.17, 15) is 4.79 Å². The molecule has 0 saturated carbocycles. The number of carbonyl (C=O) groups excluding carboxylic acids is 1. The van der Waals surface area contributed by atoms with Crippen molar-refractivity contribution >= 4 is 21.8 Å². The summed E-state index contributed by atoms with van der Waals surface area (Å²) in [6.45, 7) is 3.94. The molecule has 0 spiro atoms. The molecule has 1 saturated heterocycles. The molecule has 18 heavy (non-hydrogen) atoms. The van der Waals surface area contributed by atoms with Crippen LogP contribution in [-0.4, -0.2) is 35.3 Å². The molecule has 0 aromatic heterocycles. The number of hydrogen-bond donors (Lipinski definition) is 0. The van der Waals surface area contributed by atoms with Crippen LogP contribution in [0.5, 0.6) is 0 Å². The maximum atomic E-state index is 12.1. The fourth-order valence-electron chi connectivity index (χ4n) is 2.09. The predicted molar refractivity (Wildman–Crippen MR) is 74.7 cm³/mol. The lowest BCUT2D eigenvalue weighted by Crippen LogP contribution is -2.45. The van der Waals surface area contributed by atoms with E-state index in [1.165, 1.54) is 0 Å². The Morgan fingerprint density at radius 1 is 1.50 bits per heavy atom. The number of ether oxygens (including phenoxy) is 1. The van der Waals surface area contributed by atoms with Gasteiger partial charge in [0.25, 0.3) is 0 Å². The van der Waals surface area contributed by atoms with Gasteiger partial charge in [0.1, 0.15) is 6.10 Å². The fraction of sp³-hybridized carbons (Fsp3) is 0.500. The van der Waals surface area contributed by atoms with Crippen LogP contribution in [0.25, 0.3) is 0 Å². The van der Waals surface area contributed by atoms with E-state index in [1.807, 2.05) is 42.2 Å². The van der Waals surface area contributed by atoms with Crippen molar-refractivity contribution in [2.45, 2.75) is 24.3 Å². The number of alkyl halides is 1. The maximum absolute atomic E-state index is 12.1. The van der Waals surface area contributed by atoms with Gasteiger partial charge in [0.05, 0.1) is 18.0 Å². The second-order valence-electron chi connectivity index (χ2n) is 4.43. The van der Waals surface area contributed by atoms with Gasteiger partial charge in [0.2, 0.25) is 5.91 Å². The van der Waals surface area contributed by atoms with Gasteiger partial charge in [0.15, 0.2) is 0 Å². The predicted octanol–water partition coefficient (Wildman–Crippen LogP) is 2.76. The average Bonchev–Trinajstić information content (AvgIpc) is 2.46. The van der Waals surface area contributed by atoms with Crippen LogP contribution in [-0.2, 0) is 9.53 Å². The normalized spacial score (nSPS) is 21.7. The third kappa shape index (κ3) is 3.12. The van der Waals surface area contributed by atoms with Crippen molar-refractivity contribution in [2.75, 3.05) is 19.7 Å². The molecule has 2 rings (SSSR count). The minimum absolute atomic E-state index is 0.000422. The summed E-state index contributed by atoms with van der Waals surface area (Å²) in [5.41, 5.74) is 1.14. The van der Waals surface area contributed by atoms with E-state index in [-0.39, 0.29) is 16.8 Å². The van der Waals surface area contributed by atoms with Crippen LogP contribution >= 0.6 is 15.9 Å². The number of carbonyl (C=O) groups is 1. The lowest BCUT2D eigenvalue weighted by molar-refractivity contribution is -0.138. The van der Waals surface area contributed by atoms with Crippen LogP contribution < -0.4 is 0 Å². The Hall–Kier alpha value is -0.870. The van der Waals surface area contributed by atoms with Crippen molar-refractivity contribution < 1.29 is 9.53 Å². The van der Waals surface area contributed by atoms with E-state index in [0.29, 0.717) is 19.7 Å². The number of hydrogen-bond acceptors (Lipinski definition) is 2. The van der Waals surface area contributed by atoms with Gasteiger partial charge in [-0.25, -0.2) is 0 Å². The average molecular weight is 312 g/mol. The van der Waals surface area contributed by atoms with Gasteiger partial charge in [0, 0.05) is 6.54 Å². The molecule has 1 aliphatic rings. The third-order valence-corrected chi connectivity index (χ3v) is 4.22. The molecule has 2 unspecified atom stereocenters. The Morgan fingerprint density at radius 3 is 2.89 bits per heavy atom. The Balaban J connectivity index is 2.03. The van der Waals surface area contributed by atoms with E-state index in [4.69, 9.17) is 4.74 Å². The van der Waals surface area contributed by atoms with Crippen molar-refractivity contribution in [1.82, 2.24) is 4.90 Å². The summed E-state index contributed by atoms with van der Waals surface area (Å²) in [6.07, 6.45) is 0.812. The topological polar surface area (TPSA) is 29.5 Å². The summed E-state index contributed by atoms with van der Waals surface area (Å²) in [7, 11) is 0. The quantitative estimate of drug-likeness (QED) is 0.803. The second-order valence-corrected chi connectivity index (χ2v) is 5.54. The summed E-state index contributed by atoms with van der Waals surface area (Å²) in [5.74, 6) is 0.168. The first-order chi connectivity index (χ1) is 8.72. The second kappa shape index (κ2) is 6.34. The van der Waals surface area contributed by atoms with Crippen LogP contribution in [0.3, 0.4) is 0 Å². The van der Waals surface area contributed by atoms with Crippen LogP contribution in [0.15, 0.2) is 30.3 Å². The molecule has 2 atom stereocenters. The van der Waals surface area contributed by atoms with Gasteiger partial charge in [-0.05, 0) is 12.0 Å². The zero-order valence-electron chi connectivity index (χ0n) is 10.5. The lowest BCUT2D eigenvalue weighted by atomic mass is 10.1. The summed E-state index contributed by atoms with van der Waals surface area (Å²) < 4.78 is 5.75. The smallest absolute Gasteiger partial charge is 0.236 e. The third-order valence-electron chi connectivity index (χ3n) is 3.18. The molecule has 1 heterocycles. The number of amides is 1. The number of benzene rings is 1.